The van der Waals surface area contributed by atoms with E-state index in [0.29, 0.717) is 38.6 Å². The highest BCUT2D eigenvalue weighted by molar-refractivity contribution is 7.10. The van der Waals surface area contributed by atoms with Crippen molar-refractivity contribution in [2.45, 2.75) is 39.3 Å². The number of esters is 1. The van der Waals surface area contributed by atoms with E-state index in [4.69, 9.17) is 21.3 Å². The third-order valence-corrected chi connectivity index (χ3v) is 9.24. The monoisotopic (exact) mass is 601 g/mol. The van der Waals surface area contributed by atoms with Gasteiger partial charge in [0.15, 0.2) is 4.80 Å². The van der Waals surface area contributed by atoms with Gasteiger partial charge in [-0.05, 0) is 54.6 Å². The topological polar surface area (TPSA) is 65.6 Å². The van der Waals surface area contributed by atoms with Crippen LogP contribution >= 0.6 is 34.3 Å². The summed E-state index contributed by atoms with van der Waals surface area (Å²) in [7, 11) is 0. The largest absolute Gasteiger partial charge is 0.463 e. The Bertz CT molecular complexity index is 1950. The van der Waals surface area contributed by atoms with Gasteiger partial charge in [0.05, 0.1) is 22.4 Å². The van der Waals surface area contributed by atoms with Gasteiger partial charge in [-0.3, -0.25) is 9.36 Å². The normalized spacial score (nSPS) is 15.3. The minimum Gasteiger partial charge on any atom is -0.463 e. The average molecular weight is 602 g/mol. The zero-order valence-electron chi connectivity index (χ0n) is 22.7. The summed E-state index contributed by atoms with van der Waals surface area (Å²) < 4.78 is 9.89. The molecule has 6 nitrogen and oxygen atoms in total. The van der Waals surface area contributed by atoms with E-state index in [1.807, 2.05) is 60.0 Å². The zero-order chi connectivity index (χ0) is 28.5. The van der Waals surface area contributed by atoms with Gasteiger partial charge in [-0.25, -0.2) is 9.79 Å². The van der Waals surface area contributed by atoms with Crippen molar-refractivity contribution < 1.29 is 9.53 Å². The number of carbonyl (C=O) groups excluding carboxylic acids is 1. The number of carbonyl (C=O) groups is 1. The van der Waals surface area contributed by atoms with Crippen molar-refractivity contribution in [2.75, 3.05) is 6.61 Å². The number of fused-ring (bicyclic) bond motifs is 2. The lowest BCUT2D eigenvalue weighted by atomic mass is 9.99. The molecule has 4 heterocycles. The maximum Gasteiger partial charge on any atom is 0.338 e. The van der Waals surface area contributed by atoms with Gasteiger partial charge in [0.25, 0.3) is 5.56 Å². The smallest absolute Gasteiger partial charge is 0.338 e. The minimum atomic E-state index is -0.569. The van der Waals surface area contributed by atoms with Gasteiger partial charge < -0.3 is 9.30 Å². The summed E-state index contributed by atoms with van der Waals surface area (Å²) in [6, 6.07) is 19.4. The van der Waals surface area contributed by atoms with Gasteiger partial charge in [0, 0.05) is 39.1 Å². The molecule has 0 fully saturated rings. The summed E-state index contributed by atoms with van der Waals surface area (Å²) >= 11 is 8.98. The van der Waals surface area contributed by atoms with Crippen molar-refractivity contribution >= 4 is 57.2 Å². The molecule has 0 amide bonds. The van der Waals surface area contributed by atoms with Gasteiger partial charge in [-0.2, -0.15) is 0 Å². The Morgan fingerprint density at radius 3 is 2.63 bits per heavy atom. The molecule has 0 radical (unpaired) electrons. The van der Waals surface area contributed by atoms with E-state index in [0.717, 1.165) is 33.3 Å². The molecule has 3 aromatic heterocycles. The lowest BCUT2D eigenvalue weighted by molar-refractivity contribution is -0.139. The van der Waals surface area contributed by atoms with Gasteiger partial charge in [0.1, 0.15) is 6.04 Å². The number of allylic oxidation sites excluding steroid dienone is 1. The summed E-state index contributed by atoms with van der Waals surface area (Å²) in [4.78, 5) is 33.7. The van der Waals surface area contributed by atoms with Crippen LogP contribution in [0.4, 0.5) is 0 Å². The summed E-state index contributed by atoms with van der Waals surface area (Å²) in [5.41, 5.74) is 4.14. The molecule has 0 spiro atoms. The molecule has 0 N–H and O–H groups in total. The van der Waals surface area contributed by atoms with E-state index < -0.39 is 12.0 Å². The Labute approximate surface area is 250 Å². The first kappa shape index (κ1) is 27.4. The molecule has 208 valence electrons. The summed E-state index contributed by atoms with van der Waals surface area (Å²) in [5, 5.41) is 3.72. The minimum absolute atomic E-state index is 0.168. The van der Waals surface area contributed by atoms with Crippen LogP contribution in [0.5, 0.6) is 0 Å². The third kappa shape index (κ3) is 5.23. The second-order valence-corrected chi connectivity index (χ2v) is 12.2. The average Bonchev–Trinajstić information content (AvgIpc) is 3.69. The second-order valence-electron chi connectivity index (χ2n) is 9.78. The van der Waals surface area contributed by atoms with Crippen LogP contribution in [0.15, 0.2) is 93.3 Å². The standard InChI is InChI=1S/C32H28ClN3O3S2/c1-3-8-24-28(31(38)39-4-2)29(26-11-7-16-40-26)36-30(37)27(41-32(36)34-24)17-21-19-35(25-10-6-5-9-23(21)25)18-20-12-14-22(33)15-13-20/h5-7,9-17,19,29H,3-4,8,18H2,1-2H3/b27-17+/t29-/m1/s1. The number of benzene rings is 2. The summed E-state index contributed by atoms with van der Waals surface area (Å²) in [5.74, 6) is -0.419. The molecule has 0 bridgehead atoms. The van der Waals surface area contributed by atoms with E-state index in [1.165, 1.54) is 22.7 Å². The Kier molecular flexibility index (Phi) is 7.79. The van der Waals surface area contributed by atoms with Gasteiger partial charge in [0.2, 0.25) is 0 Å². The van der Waals surface area contributed by atoms with Crippen molar-refractivity contribution in [3.63, 3.8) is 0 Å². The first-order chi connectivity index (χ1) is 20.0. The number of thiazole rings is 1. The van der Waals surface area contributed by atoms with Crippen LogP contribution in [0.2, 0.25) is 5.02 Å². The molecule has 41 heavy (non-hydrogen) atoms. The fraction of sp³-hybridized carbons (Fsp3) is 0.219. The van der Waals surface area contributed by atoms with Crippen LogP contribution in [0.3, 0.4) is 0 Å². The molecule has 9 heteroatoms. The van der Waals surface area contributed by atoms with Crippen LogP contribution in [0.1, 0.15) is 48.7 Å². The highest BCUT2D eigenvalue weighted by Crippen LogP contribution is 2.34. The molecule has 5 aromatic rings. The SMILES string of the molecule is CCCC1=C(C(=O)OCC)[C@@H](c2cccs2)n2c(s/c(=C/c3cn(Cc4ccc(Cl)cc4)c4ccccc34)c2=O)=N1. The fourth-order valence-electron chi connectivity index (χ4n) is 5.29. The molecule has 0 unspecified atom stereocenters. The van der Waals surface area contributed by atoms with E-state index in [-0.39, 0.29) is 12.2 Å². The summed E-state index contributed by atoms with van der Waals surface area (Å²) in [6.45, 7) is 4.77. The van der Waals surface area contributed by atoms with Crippen molar-refractivity contribution in [2.24, 2.45) is 4.99 Å². The first-order valence-corrected chi connectivity index (χ1v) is 15.6. The Balaban J connectivity index is 1.51. The van der Waals surface area contributed by atoms with E-state index >= 15 is 0 Å². The zero-order valence-corrected chi connectivity index (χ0v) is 25.1. The number of thiophene rings is 1. The lowest BCUT2D eigenvalue weighted by Gasteiger charge is -2.24. The lowest BCUT2D eigenvalue weighted by Crippen LogP contribution is -2.39. The number of nitrogens with zero attached hydrogens (tertiary/aromatic N) is 3. The number of rotatable bonds is 8. The predicted octanol–water partition coefficient (Wildman–Crippen LogP) is 6.30. The number of aromatic nitrogens is 2. The van der Waals surface area contributed by atoms with E-state index in [1.54, 1.807) is 11.5 Å². The fourth-order valence-corrected chi connectivity index (χ4v) is 7.25. The molecule has 0 saturated carbocycles. The molecular weight excluding hydrogens is 574 g/mol. The van der Waals surface area contributed by atoms with Gasteiger partial charge >= 0.3 is 5.97 Å². The molecular formula is C32H28ClN3O3S2. The maximum atomic E-state index is 14.1. The van der Waals surface area contributed by atoms with Crippen LogP contribution in [-0.2, 0) is 16.1 Å². The molecule has 0 saturated heterocycles. The Hall–Kier alpha value is -3.72. The second kappa shape index (κ2) is 11.6. The number of para-hydroxylation sites is 1. The summed E-state index contributed by atoms with van der Waals surface area (Å²) in [6.07, 6.45) is 5.48. The highest BCUT2D eigenvalue weighted by atomic mass is 35.5. The number of halogens is 1. The van der Waals surface area contributed by atoms with E-state index in [9.17, 15) is 9.59 Å². The molecule has 1 aliphatic heterocycles. The van der Waals surface area contributed by atoms with Crippen molar-refractivity contribution in [1.82, 2.24) is 9.13 Å². The van der Waals surface area contributed by atoms with Gasteiger partial charge in [-0.15, -0.1) is 11.3 Å². The highest BCUT2D eigenvalue weighted by Gasteiger charge is 2.34. The molecule has 2 aromatic carbocycles. The Morgan fingerprint density at radius 2 is 1.90 bits per heavy atom. The predicted molar refractivity (Wildman–Crippen MR) is 166 cm³/mol. The molecule has 6 rings (SSSR count). The quantitative estimate of drug-likeness (QED) is 0.196. The molecule has 0 aliphatic carbocycles. The van der Waals surface area contributed by atoms with Crippen LogP contribution < -0.4 is 14.9 Å². The third-order valence-electron chi connectivity index (χ3n) is 7.08. The van der Waals surface area contributed by atoms with Crippen LogP contribution in [0.25, 0.3) is 17.0 Å². The molecule has 1 aliphatic rings. The molecule has 1 atom stereocenters. The number of hydrogen-bond donors (Lipinski definition) is 0. The number of hydrogen-bond acceptors (Lipinski definition) is 6. The van der Waals surface area contributed by atoms with Gasteiger partial charge in [-0.1, -0.05) is 72.7 Å². The Morgan fingerprint density at radius 1 is 1.10 bits per heavy atom. The maximum absolute atomic E-state index is 14.1. The van der Waals surface area contributed by atoms with Crippen molar-refractivity contribution in [3.8, 4) is 0 Å². The van der Waals surface area contributed by atoms with Crippen molar-refractivity contribution in [3.05, 3.63) is 124 Å². The van der Waals surface area contributed by atoms with Crippen molar-refractivity contribution in [1.29, 1.82) is 0 Å². The van der Waals surface area contributed by atoms with Crippen LogP contribution in [0, 0.1) is 0 Å². The van der Waals surface area contributed by atoms with Crippen LogP contribution in [-0.4, -0.2) is 21.7 Å². The van der Waals surface area contributed by atoms with E-state index in [2.05, 4.69) is 29.8 Å². The first-order valence-electron chi connectivity index (χ1n) is 13.6. The number of ether oxygens (including phenoxy) is 1.